The van der Waals surface area contributed by atoms with E-state index in [1.165, 1.54) is 5.56 Å². The van der Waals surface area contributed by atoms with Crippen LogP contribution in [0.3, 0.4) is 0 Å². The highest BCUT2D eigenvalue weighted by atomic mass is 16.5. The Hall–Kier alpha value is -2.54. The van der Waals surface area contributed by atoms with Crippen LogP contribution in [0.2, 0.25) is 0 Å². The van der Waals surface area contributed by atoms with Gasteiger partial charge >= 0.3 is 0 Å². The van der Waals surface area contributed by atoms with E-state index >= 15 is 0 Å². The number of aromatic nitrogens is 5. The van der Waals surface area contributed by atoms with E-state index < -0.39 is 0 Å². The molecule has 3 aromatic rings. The summed E-state index contributed by atoms with van der Waals surface area (Å²) in [5.41, 5.74) is 4.02. The number of likely N-dealkylation sites (N-methyl/N-ethyl adjacent to an activating group) is 1. The van der Waals surface area contributed by atoms with Gasteiger partial charge in [-0.1, -0.05) is 28.1 Å². The zero-order valence-corrected chi connectivity index (χ0v) is 14.4. The van der Waals surface area contributed by atoms with E-state index in [9.17, 15) is 0 Å². The molecule has 1 N–H and O–H groups in total. The molecule has 2 heterocycles. The van der Waals surface area contributed by atoms with Gasteiger partial charge in [-0.25, -0.2) is 4.68 Å². The molecule has 3 rings (SSSR count). The van der Waals surface area contributed by atoms with Crippen molar-refractivity contribution >= 4 is 0 Å². The first-order valence-electron chi connectivity index (χ1n) is 8.03. The monoisotopic (exact) mass is 326 g/mol. The Bertz CT molecular complexity index is 805. The third-order valence-corrected chi connectivity index (χ3v) is 4.08. The molecule has 0 spiro atoms. The fraction of sp³-hybridized carbons (Fsp3) is 0.412. The Morgan fingerprint density at radius 3 is 2.67 bits per heavy atom. The van der Waals surface area contributed by atoms with Crippen molar-refractivity contribution in [3.8, 4) is 5.69 Å². The molecule has 7 heteroatoms. The summed E-state index contributed by atoms with van der Waals surface area (Å²) in [7, 11) is 1.92. The van der Waals surface area contributed by atoms with Crippen LogP contribution in [0.1, 0.15) is 35.6 Å². The maximum atomic E-state index is 5.33. The van der Waals surface area contributed by atoms with Gasteiger partial charge in [0.15, 0.2) is 5.82 Å². The van der Waals surface area contributed by atoms with Crippen LogP contribution < -0.4 is 5.32 Å². The summed E-state index contributed by atoms with van der Waals surface area (Å²) in [6.45, 7) is 6.13. The maximum Gasteiger partial charge on any atom is 0.232 e. The van der Waals surface area contributed by atoms with Crippen molar-refractivity contribution in [3.63, 3.8) is 0 Å². The van der Waals surface area contributed by atoms with Gasteiger partial charge in [-0.05, 0) is 40.0 Å². The largest absolute Gasteiger partial charge is 0.339 e. The van der Waals surface area contributed by atoms with Crippen LogP contribution >= 0.6 is 0 Å². The molecule has 24 heavy (non-hydrogen) atoms. The summed E-state index contributed by atoms with van der Waals surface area (Å²) >= 11 is 0. The second kappa shape index (κ2) is 6.92. The highest BCUT2D eigenvalue weighted by molar-refractivity contribution is 5.35. The third-order valence-electron chi connectivity index (χ3n) is 4.08. The topological polar surface area (TPSA) is 81.7 Å². The van der Waals surface area contributed by atoms with Gasteiger partial charge in [0.25, 0.3) is 0 Å². The van der Waals surface area contributed by atoms with Gasteiger partial charge < -0.3 is 9.84 Å². The summed E-state index contributed by atoms with van der Waals surface area (Å²) < 4.78 is 7.16. The fourth-order valence-corrected chi connectivity index (χ4v) is 2.42. The zero-order valence-electron chi connectivity index (χ0n) is 14.4. The van der Waals surface area contributed by atoms with Gasteiger partial charge in [-0.3, -0.25) is 0 Å². The fourth-order valence-electron chi connectivity index (χ4n) is 2.42. The Kier molecular flexibility index (Phi) is 4.71. The number of benzene rings is 1. The summed E-state index contributed by atoms with van der Waals surface area (Å²) in [5.74, 6) is 1.27. The molecule has 126 valence electrons. The molecule has 0 aliphatic heterocycles. The predicted octanol–water partition coefficient (Wildman–Crippen LogP) is 2.01. The van der Waals surface area contributed by atoms with Crippen molar-refractivity contribution in [2.75, 3.05) is 7.05 Å². The molecule has 0 fully saturated rings. The standard InChI is InChI=1S/C17H22N6O/c1-11-5-7-14(8-6-11)23-13(3)15(20-22-23)10-17-19-16(21-24-17)9-12(2)18-4/h5-8,12,18H,9-10H2,1-4H3. The van der Waals surface area contributed by atoms with Crippen molar-refractivity contribution in [2.24, 2.45) is 0 Å². The van der Waals surface area contributed by atoms with E-state index in [0.717, 1.165) is 23.5 Å². The van der Waals surface area contributed by atoms with Crippen LogP contribution in [0.25, 0.3) is 5.69 Å². The molecule has 1 unspecified atom stereocenters. The van der Waals surface area contributed by atoms with Crippen molar-refractivity contribution < 1.29 is 4.52 Å². The summed E-state index contributed by atoms with van der Waals surface area (Å²) in [4.78, 5) is 4.43. The van der Waals surface area contributed by atoms with E-state index in [-0.39, 0.29) is 0 Å². The van der Waals surface area contributed by atoms with Gasteiger partial charge in [-0.2, -0.15) is 4.98 Å². The Morgan fingerprint density at radius 2 is 1.96 bits per heavy atom. The maximum absolute atomic E-state index is 5.33. The van der Waals surface area contributed by atoms with E-state index in [2.05, 4.69) is 51.7 Å². The lowest BCUT2D eigenvalue weighted by molar-refractivity contribution is 0.376. The average Bonchev–Trinajstić information content (AvgIpc) is 3.16. The van der Waals surface area contributed by atoms with E-state index in [0.29, 0.717) is 24.2 Å². The average molecular weight is 326 g/mol. The van der Waals surface area contributed by atoms with Crippen molar-refractivity contribution in [2.45, 2.75) is 39.7 Å². The molecule has 0 amide bonds. The van der Waals surface area contributed by atoms with Crippen LogP contribution in [-0.2, 0) is 12.8 Å². The van der Waals surface area contributed by atoms with Gasteiger partial charge in [0, 0.05) is 12.5 Å². The first-order chi connectivity index (χ1) is 11.6. The molecule has 0 saturated heterocycles. The molecule has 7 nitrogen and oxygen atoms in total. The van der Waals surface area contributed by atoms with E-state index in [1.54, 1.807) is 0 Å². The molecule has 2 aromatic heterocycles. The van der Waals surface area contributed by atoms with Crippen molar-refractivity contribution in [1.29, 1.82) is 0 Å². The molecule has 0 bridgehead atoms. The number of nitrogens with zero attached hydrogens (tertiary/aromatic N) is 5. The van der Waals surface area contributed by atoms with Gasteiger partial charge in [0.1, 0.15) is 0 Å². The second-order valence-electron chi connectivity index (χ2n) is 6.04. The zero-order chi connectivity index (χ0) is 17.1. The van der Waals surface area contributed by atoms with Crippen LogP contribution in [0.15, 0.2) is 28.8 Å². The minimum absolute atomic E-state index is 0.305. The lowest BCUT2D eigenvalue weighted by Gasteiger charge is -2.04. The van der Waals surface area contributed by atoms with E-state index in [4.69, 9.17) is 4.52 Å². The first-order valence-corrected chi connectivity index (χ1v) is 8.03. The Morgan fingerprint density at radius 1 is 1.21 bits per heavy atom. The SMILES string of the molecule is CNC(C)Cc1noc(Cc2nnn(-c3ccc(C)cc3)c2C)n1. The van der Waals surface area contributed by atoms with Gasteiger partial charge in [-0.15, -0.1) is 5.10 Å². The summed E-state index contributed by atoms with van der Waals surface area (Å²) in [6, 6.07) is 8.49. The van der Waals surface area contributed by atoms with Gasteiger partial charge in [0.05, 0.1) is 23.5 Å². The van der Waals surface area contributed by atoms with Crippen LogP contribution in [0.4, 0.5) is 0 Å². The summed E-state index contributed by atoms with van der Waals surface area (Å²) in [5, 5.41) is 15.7. The van der Waals surface area contributed by atoms with Crippen LogP contribution in [0, 0.1) is 13.8 Å². The predicted molar refractivity (Wildman–Crippen MR) is 90.2 cm³/mol. The molecule has 0 aliphatic rings. The van der Waals surface area contributed by atoms with E-state index in [1.807, 2.05) is 30.8 Å². The summed E-state index contributed by atoms with van der Waals surface area (Å²) in [6.07, 6.45) is 1.22. The lowest BCUT2D eigenvalue weighted by Crippen LogP contribution is -2.24. The third kappa shape index (κ3) is 3.51. The molecule has 0 radical (unpaired) electrons. The van der Waals surface area contributed by atoms with Crippen LogP contribution in [-0.4, -0.2) is 38.2 Å². The molecule has 1 atom stereocenters. The normalized spacial score (nSPS) is 12.5. The number of aryl methyl sites for hydroxylation is 1. The molecule has 1 aromatic carbocycles. The number of rotatable bonds is 6. The second-order valence-corrected chi connectivity index (χ2v) is 6.04. The lowest BCUT2D eigenvalue weighted by atomic mass is 10.2. The highest BCUT2D eigenvalue weighted by Crippen LogP contribution is 2.15. The molecular weight excluding hydrogens is 304 g/mol. The minimum atomic E-state index is 0.305. The Labute approximate surface area is 141 Å². The number of hydrogen-bond acceptors (Lipinski definition) is 6. The molecule has 0 saturated carbocycles. The number of hydrogen-bond donors (Lipinski definition) is 1. The van der Waals surface area contributed by atoms with Crippen molar-refractivity contribution in [1.82, 2.24) is 30.5 Å². The van der Waals surface area contributed by atoms with Crippen LogP contribution in [0.5, 0.6) is 0 Å². The highest BCUT2D eigenvalue weighted by Gasteiger charge is 2.15. The first kappa shape index (κ1) is 16.3. The quantitative estimate of drug-likeness (QED) is 0.746. The molecular formula is C17H22N6O. The minimum Gasteiger partial charge on any atom is -0.339 e. The number of nitrogens with one attached hydrogen (secondary N) is 1. The smallest absolute Gasteiger partial charge is 0.232 e. The Balaban J connectivity index is 1.76. The van der Waals surface area contributed by atoms with Gasteiger partial charge in [0.2, 0.25) is 5.89 Å². The van der Waals surface area contributed by atoms with Crippen molar-refractivity contribution in [3.05, 3.63) is 52.9 Å². The molecule has 0 aliphatic carbocycles.